The number of hydrogen-bond donors (Lipinski definition) is 1. The van der Waals surface area contributed by atoms with E-state index in [0.29, 0.717) is 5.69 Å². The van der Waals surface area contributed by atoms with E-state index in [2.05, 4.69) is 5.43 Å². The van der Waals surface area contributed by atoms with Crippen LogP contribution < -0.4 is 15.7 Å². The Morgan fingerprint density at radius 3 is 1.16 bits per heavy atom. The van der Waals surface area contributed by atoms with Crippen molar-refractivity contribution in [1.82, 2.24) is 15.2 Å². The van der Waals surface area contributed by atoms with Gasteiger partial charge in [-0.15, -0.1) is 5.12 Å². The lowest BCUT2D eigenvalue weighted by molar-refractivity contribution is -0.119. The molecule has 0 aliphatic heterocycles. The Morgan fingerprint density at radius 2 is 0.696 bits per heavy atom. The molecule has 0 spiro atoms. The molecule has 0 unspecified atom stereocenters. The number of para-hydroxylation sites is 3. The molecule has 0 fully saturated rings. The normalized spacial score (nSPS) is 16.3. The van der Waals surface area contributed by atoms with Crippen molar-refractivity contribution in [1.29, 1.82) is 0 Å². The molecule has 14 heteroatoms. The average Bonchev–Trinajstić information content (AvgIpc) is 3.21. The van der Waals surface area contributed by atoms with E-state index in [0.717, 1.165) is 93.3 Å². The summed E-state index contributed by atoms with van der Waals surface area (Å²) in [6.07, 6.45) is 12.2. The van der Waals surface area contributed by atoms with Crippen LogP contribution in [-0.2, 0) is 38.4 Å². The van der Waals surface area contributed by atoms with Crippen LogP contribution in [0.25, 0.3) is 0 Å². The van der Waals surface area contributed by atoms with Crippen LogP contribution in [0.1, 0.15) is 0 Å². The van der Waals surface area contributed by atoms with Gasteiger partial charge < -0.3 is 0 Å². The van der Waals surface area contributed by atoms with Crippen molar-refractivity contribution in [2.24, 2.45) is 0 Å². The van der Waals surface area contributed by atoms with E-state index in [-0.39, 0.29) is 17.1 Å². The summed E-state index contributed by atoms with van der Waals surface area (Å²) < 4.78 is 0. The van der Waals surface area contributed by atoms with Crippen LogP contribution in [0, 0.1) is 0 Å². The molecule has 0 atom stereocenters. The third kappa shape index (κ3) is 7.33. The molecule has 0 heterocycles. The van der Waals surface area contributed by atoms with Gasteiger partial charge in [-0.25, -0.2) is 5.01 Å². The predicted octanol–water partition coefficient (Wildman–Crippen LogP) is 3.96. The first-order valence-corrected chi connectivity index (χ1v) is 16.9. The topological polar surface area (TPSA) is 165 Å². The van der Waals surface area contributed by atoms with Crippen molar-refractivity contribution < 1.29 is 38.4 Å². The fraction of sp³-hybridized carbons (Fsp3) is 0. The SMILES string of the molecule is O=C1C=CC(=O)C(N(Nc2ccccc2)N(c2ccccc2)N(C2=CC(=O)C=CC2=O)N(c2ccccc2)N(C2=CC(=O)C=CC2=O)C2=CC(=O)C=CC2=O)=C1. The predicted molar refractivity (Wildman–Crippen MR) is 202 cm³/mol. The van der Waals surface area contributed by atoms with Gasteiger partial charge in [0.1, 0.15) is 22.8 Å². The van der Waals surface area contributed by atoms with Gasteiger partial charge in [0.15, 0.2) is 23.1 Å². The lowest BCUT2D eigenvalue weighted by Gasteiger charge is -2.53. The van der Waals surface area contributed by atoms with Gasteiger partial charge in [-0.1, -0.05) is 54.6 Å². The lowest BCUT2D eigenvalue weighted by Crippen LogP contribution is -2.66. The summed E-state index contributed by atoms with van der Waals surface area (Å²) in [7, 11) is 0. The quantitative estimate of drug-likeness (QED) is 0.209. The number of carbonyl (C=O) groups excluding carboxylic acids is 8. The summed E-state index contributed by atoms with van der Waals surface area (Å²) in [5.74, 6) is -5.43. The number of rotatable bonds is 12. The first kappa shape index (κ1) is 36.1. The second-order valence-electron chi connectivity index (χ2n) is 12.2. The fourth-order valence-electron chi connectivity index (χ4n) is 5.85. The number of carbonyl (C=O) groups is 8. The first-order valence-electron chi connectivity index (χ1n) is 16.9. The summed E-state index contributed by atoms with van der Waals surface area (Å²) in [5, 5.41) is 5.61. The summed E-state index contributed by atoms with van der Waals surface area (Å²) in [6, 6.07) is 24.6. The van der Waals surface area contributed by atoms with E-state index in [1.54, 1.807) is 78.9 Å². The van der Waals surface area contributed by atoms with Crippen LogP contribution in [0.5, 0.6) is 0 Å². The van der Waals surface area contributed by atoms with Gasteiger partial charge in [0.25, 0.3) is 0 Å². The zero-order valence-corrected chi connectivity index (χ0v) is 29.1. The van der Waals surface area contributed by atoms with E-state index in [4.69, 9.17) is 0 Å². The maximum Gasteiger partial charge on any atom is 0.206 e. The summed E-state index contributed by atoms with van der Waals surface area (Å²) in [5.41, 5.74) is 2.29. The van der Waals surface area contributed by atoms with Gasteiger partial charge in [-0.2, -0.15) is 15.4 Å². The maximum absolute atomic E-state index is 14.2. The highest BCUT2D eigenvalue weighted by Gasteiger charge is 2.43. The highest BCUT2D eigenvalue weighted by atomic mass is 16.2. The van der Waals surface area contributed by atoms with Crippen molar-refractivity contribution in [2.45, 2.75) is 0 Å². The monoisotopic (exact) mass is 744 g/mol. The minimum absolute atomic E-state index is 0.107. The van der Waals surface area contributed by atoms with E-state index < -0.39 is 63.4 Å². The molecule has 1 N–H and O–H groups in total. The lowest BCUT2D eigenvalue weighted by atomic mass is 10.1. The first-order chi connectivity index (χ1) is 27.1. The third-order valence-electron chi connectivity index (χ3n) is 8.34. The Hall–Kier alpha value is -8.26. The number of hydrogen-bond acceptors (Lipinski definition) is 14. The average molecular weight is 745 g/mol. The highest BCUT2D eigenvalue weighted by Crippen LogP contribution is 2.37. The second kappa shape index (κ2) is 15.4. The van der Waals surface area contributed by atoms with Crippen molar-refractivity contribution >= 4 is 63.3 Å². The Balaban J connectivity index is 1.61. The van der Waals surface area contributed by atoms with Gasteiger partial charge in [-0.05, 0) is 85.0 Å². The minimum Gasteiger partial charge on any atom is -0.290 e. The smallest absolute Gasteiger partial charge is 0.206 e. The summed E-state index contributed by atoms with van der Waals surface area (Å²) in [6.45, 7) is 0. The summed E-state index contributed by atoms with van der Waals surface area (Å²) >= 11 is 0. The zero-order chi connectivity index (χ0) is 39.3. The van der Waals surface area contributed by atoms with Crippen molar-refractivity contribution in [2.75, 3.05) is 15.7 Å². The molecule has 0 saturated heterocycles. The van der Waals surface area contributed by atoms with Gasteiger partial charge in [-0.3, -0.25) is 43.8 Å². The standard InChI is InChI=1S/C42H28N6O8/c49-31-16-20-39(53)35(24-31)44(36-25-32(50)17-21-40(36)54)46(29-12-6-2-7-13-29)48(38-27-34(52)19-23-42(38)56)47(30-14-8-3-9-15-30)45(43-28-10-4-1-5-11-28)37-26-33(51)18-22-41(37)55/h1-27,43H. The molecule has 7 rings (SSSR count). The van der Waals surface area contributed by atoms with Gasteiger partial charge in [0.2, 0.25) is 23.1 Å². The molecule has 0 aromatic heterocycles. The molecule has 3 aromatic carbocycles. The van der Waals surface area contributed by atoms with Crippen LogP contribution in [0.15, 0.2) is 187 Å². The Bertz CT molecular complexity index is 2410. The molecule has 0 amide bonds. The fourth-order valence-corrected chi connectivity index (χ4v) is 5.85. The van der Waals surface area contributed by atoms with E-state index in [1.807, 2.05) is 0 Å². The Labute approximate surface area is 318 Å². The summed E-state index contributed by atoms with van der Waals surface area (Å²) in [4.78, 5) is 108. The highest BCUT2D eigenvalue weighted by molar-refractivity contribution is 6.21. The second-order valence-corrected chi connectivity index (χ2v) is 12.2. The van der Waals surface area contributed by atoms with Gasteiger partial charge in [0.05, 0.1) is 17.1 Å². The number of nitrogens with zero attached hydrogens (tertiary/aromatic N) is 5. The van der Waals surface area contributed by atoms with Gasteiger partial charge >= 0.3 is 0 Å². The third-order valence-corrected chi connectivity index (χ3v) is 8.34. The van der Waals surface area contributed by atoms with Crippen molar-refractivity contribution in [3.05, 3.63) is 187 Å². The molecule has 0 saturated carbocycles. The molecule has 4 aliphatic carbocycles. The molecule has 0 bridgehead atoms. The van der Waals surface area contributed by atoms with E-state index in [1.165, 1.54) is 17.3 Å². The molecular weight excluding hydrogens is 716 g/mol. The molecular formula is C42H28N6O8. The largest absolute Gasteiger partial charge is 0.290 e. The van der Waals surface area contributed by atoms with Gasteiger partial charge in [0, 0.05) is 24.3 Å². The Morgan fingerprint density at radius 1 is 0.339 bits per heavy atom. The molecule has 0 radical (unpaired) electrons. The molecule has 274 valence electrons. The number of hydrazine groups is 5. The molecule has 14 nitrogen and oxygen atoms in total. The minimum atomic E-state index is -0.771. The number of nitrogens with one attached hydrogen (secondary N) is 1. The van der Waals surface area contributed by atoms with Crippen molar-refractivity contribution in [3.63, 3.8) is 0 Å². The number of ketones is 8. The Kier molecular flexibility index (Phi) is 9.92. The van der Waals surface area contributed by atoms with Crippen LogP contribution >= 0.6 is 0 Å². The number of benzene rings is 3. The van der Waals surface area contributed by atoms with Crippen molar-refractivity contribution in [3.8, 4) is 0 Å². The van der Waals surface area contributed by atoms with Crippen LogP contribution in [0.2, 0.25) is 0 Å². The van der Waals surface area contributed by atoms with Crippen LogP contribution in [-0.4, -0.2) is 61.5 Å². The van der Waals surface area contributed by atoms with E-state index >= 15 is 0 Å². The number of anilines is 3. The molecule has 3 aromatic rings. The van der Waals surface area contributed by atoms with Crippen LogP contribution in [0.4, 0.5) is 17.1 Å². The maximum atomic E-state index is 14.2. The van der Waals surface area contributed by atoms with E-state index in [9.17, 15) is 38.4 Å². The molecule has 4 aliphatic rings. The van der Waals surface area contributed by atoms with Crippen LogP contribution in [0.3, 0.4) is 0 Å². The number of allylic oxidation sites excluding steroid dienone is 12. The zero-order valence-electron chi connectivity index (χ0n) is 29.1. The molecule has 56 heavy (non-hydrogen) atoms.